The van der Waals surface area contributed by atoms with E-state index in [0.29, 0.717) is 0 Å². The maximum Gasteiger partial charge on any atom is 0.120 e. The largest absolute Gasteiger partial charge is 0.381 e. The molecular formula is C15H27NO2. The molecule has 2 aliphatic heterocycles. The zero-order valence-electron chi connectivity index (χ0n) is 11.9. The quantitative estimate of drug-likeness (QED) is 0.720. The van der Waals surface area contributed by atoms with E-state index < -0.39 is 0 Å². The SMILES string of the molecule is CC1(C)CNC2(CCCCC2)OC12CCOCC2. The van der Waals surface area contributed by atoms with Gasteiger partial charge in [0.2, 0.25) is 0 Å². The van der Waals surface area contributed by atoms with Gasteiger partial charge in [0.15, 0.2) is 0 Å². The molecule has 0 aromatic carbocycles. The zero-order chi connectivity index (χ0) is 12.7. The molecule has 1 aliphatic carbocycles. The van der Waals surface area contributed by atoms with Gasteiger partial charge in [0.05, 0.1) is 5.60 Å². The Hall–Kier alpha value is -0.120. The Morgan fingerprint density at radius 2 is 1.56 bits per heavy atom. The Labute approximate surface area is 111 Å². The summed E-state index contributed by atoms with van der Waals surface area (Å²) in [5.41, 5.74) is 0.221. The highest BCUT2D eigenvalue weighted by atomic mass is 16.6. The first kappa shape index (κ1) is 12.9. The first-order chi connectivity index (χ1) is 8.58. The summed E-state index contributed by atoms with van der Waals surface area (Å²) in [6, 6.07) is 0. The standard InChI is InChI=1S/C15H27NO2/c1-13(2)12-16-15(6-4-3-5-7-15)18-14(13)8-10-17-11-9-14/h16H,3-12H2,1-2H3. The van der Waals surface area contributed by atoms with E-state index in [9.17, 15) is 0 Å². The number of rotatable bonds is 0. The second-order valence-corrected chi connectivity index (χ2v) is 7.00. The summed E-state index contributed by atoms with van der Waals surface area (Å²) in [5, 5.41) is 3.73. The average Bonchev–Trinajstić information content (AvgIpc) is 2.38. The second-order valence-electron chi connectivity index (χ2n) is 7.00. The maximum atomic E-state index is 6.77. The average molecular weight is 253 g/mol. The van der Waals surface area contributed by atoms with Crippen LogP contribution in [0.1, 0.15) is 58.8 Å². The number of hydrogen-bond donors (Lipinski definition) is 1. The molecule has 3 fully saturated rings. The van der Waals surface area contributed by atoms with Crippen LogP contribution in [0, 0.1) is 5.41 Å². The van der Waals surface area contributed by atoms with E-state index >= 15 is 0 Å². The highest BCUT2D eigenvalue weighted by molar-refractivity contribution is 5.05. The van der Waals surface area contributed by atoms with Crippen LogP contribution in [0.5, 0.6) is 0 Å². The molecule has 3 heteroatoms. The van der Waals surface area contributed by atoms with E-state index in [1.54, 1.807) is 0 Å². The lowest BCUT2D eigenvalue weighted by molar-refractivity contribution is -0.282. The molecule has 0 aromatic rings. The number of nitrogens with one attached hydrogen (secondary N) is 1. The Morgan fingerprint density at radius 3 is 2.22 bits per heavy atom. The zero-order valence-corrected chi connectivity index (χ0v) is 11.9. The van der Waals surface area contributed by atoms with Gasteiger partial charge < -0.3 is 9.47 Å². The molecular weight excluding hydrogens is 226 g/mol. The molecule has 3 nitrogen and oxygen atoms in total. The Kier molecular flexibility index (Phi) is 3.20. The molecule has 0 radical (unpaired) electrons. The second kappa shape index (κ2) is 4.46. The summed E-state index contributed by atoms with van der Waals surface area (Å²) in [7, 11) is 0. The summed E-state index contributed by atoms with van der Waals surface area (Å²) in [6.45, 7) is 7.49. The summed E-state index contributed by atoms with van der Waals surface area (Å²) in [5.74, 6) is 0. The fraction of sp³-hybridized carbons (Fsp3) is 1.00. The van der Waals surface area contributed by atoms with E-state index in [1.165, 1.54) is 32.1 Å². The van der Waals surface area contributed by atoms with E-state index in [4.69, 9.17) is 9.47 Å². The van der Waals surface area contributed by atoms with Crippen molar-refractivity contribution in [2.75, 3.05) is 19.8 Å². The van der Waals surface area contributed by atoms with E-state index in [2.05, 4.69) is 19.2 Å². The molecule has 1 N–H and O–H groups in total. The molecule has 0 atom stereocenters. The number of ether oxygens (including phenoxy) is 2. The van der Waals surface area contributed by atoms with Crippen molar-refractivity contribution in [2.45, 2.75) is 70.1 Å². The monoisotopic (exact) mass is 253 g/mol. The van der Waals surface area contributed by atoms with Crippen LogP contribution in [-0.4, -0.2) is 31.1 Å². The molecule has 104 valence electrons. The predicted octanol–water partition coefficient (Wildman–Crippen LogP) is 2.84. The van der Waals surface area contributed by atoms with Crippen molar-refractivity contribution in [1.29, 1.82) is 0 Å². The van der Waals surface area contributed by atoms with Gasteiger partial charge in [-0.25, -0.2) is 0 Å². The first-order valence-electron chi connectivity index (χ1n) is 7.61. The van der Waals surface area contributed by atoms with E-state index in [-0.39, 0.29) is 16.7 Å². The highest BCUT2D eigenvalue weighted by Crippen LogP contribution is 2.49. The van der Waals surface area contributed by atoms with Gasteiger partial charge in [-0.15, -0.1) is 0 Å². The molecule has 1 saturated carbocycles. The van der Waals surface area contributed by atoms with Crippen molar-refractivity contribution in [3.05, 3.63) is 0 Å². The van der Waals surface area contributed by atoms with Crippen molar-refractivity contribution in [2.24, 2.45) is 5.41 Å². The molecule has 0 unspecified atom stereocenters. The van der Waals surface area contributed by atoms with Crippen molar-refractivity contribution >= 4 is 0 Å². The fourth-order valence-corrected chi connectivity index (χ4v) is 3.97. The van der Waals surface area contributed by atoms with Crippen molar-refractivity contribution in [3.63, 3.8) is 0 Å². The van der Waals surface area contributed by atoms with Gasteiger partial charge in [-0.1, -0.05) is 20.3 Å². The molecule has 2 saturated heterocycles. The minimum absolute atomic E-state index is 0.0227. The molecule has 3 aliphatic rings. The van der Waals surface area contributed by atoms with Crippen molar-refractivity contribution < 1.29 is 9.47 Å². The first-order valence-corrected chi connectivity index (χ1v) is 7.61. The van der Waals surface area contributed by atoms with Crippen LogP contribution in [0.15, 0.2) is 0 Å². The van der Waals surface area contributed by atoms with Gasteiger partial charge in [0.1, 0.15) is 5.72 Å². The molecule has 2 heterocycles. The Morgan fingerprint density at radius 1 is 0.889 bits per heavy atom. The van der Waals surface area contributed by atoms with E-state index in [0.717, 1.165) is 32.6 Å². The third kappa shape index (κ3) is 2.00. The third-order valence-electron chi connectivity index (χ3n) is 5.44. The van der Waals surface area contributed by atoms with Crippen molar-refractivity contribution in [3.8, 4) is 0 Å². The lowest BCUT2D eigenvalue weighted by Crippen LogP contribution is -2.69. The lowest BCUT2D eigenvalue weighted by Gasteiger charge is -2.59. The van der Waals surface area contributed by atoms with Crippen LogP contribution in [0.3, 0.4) is 0 Å². The summed E-state index contributed by atoms with van der Waals surface area (Å²) in [4.78, 5) is 0. The lowest BCUT2D eigenvalue weighted by atomic mass is 9.68. The minimum atomic E-state index is -0.0227. The maximum absolute atomic E-state index is 6.77. The van der Waals surface area contributed by atoms with Gasteiger partial charge >= 0.3 is 0 Å². The van der Waals surface area contributed by atoms with Gasteiger partial charge in [-0.3, -0.25) is 5.32 Å². The summed E-state index contributed by atoms with van der Waals surface area (Å²) >= 11 is 0. The smallest absolute Gasteiger partial charge is 0.120 e. The van der Waals surface area contributed by atoms with E-state index in [1.807, 2.05) is 0 Å². The van der Waals surface area contributed by atoms with Crippen LogP contribution in [0.4, 0.5) is 0 Å². The topological polar surface area (TPSA) is 30.5 Å². The van der Waals surface area contributed by atoms with Gasteiger partial charge in [0.25, 0.3) is 0 Å². The van der Waals surface area contributed by atoms with Gasteiger partial charge in [-0.2, -0.15) is 0 Å². The highest BCUT2D eigenvalue weighted by Gasteiger charge is 2.55. The Bertz CT molecular complexity index is 302. The molecule has 3 rings (SSSR count). The molecule has 18 heavy (non-hydrogen) atoms. The molecule has 0 aromatic heterocycles. The van der Waals surface area contributed by atoms with Crippen LogP contribution in [-0.2, 0) is 9.47 Å². The van der Waals surface area contributed by atoms with Crippen LogP contribution in [0.25, 0.3) is 0 Å². The molecule has 0 bridgehead atoms. The third-order valence-corrected chi connectivity index (χ3v) is 5.44. The predicted molar refractivity (Wildman–Crippen MR) is 71.5 cm³/mol. The fourth-order valence-electron chi connectivity index (χ4n) is 3.97. The van der Waals surface area contributed by atoms with Crippen LogP contribution in [0.2, 0.25) is 0 Å². The molecule has 0 amide bonds. The molecule has 2 spiro atoms. The normalized spacial score (nSPS) is 33.7. The van der Waals surface area contributed by atoms with Crippen LogP contribution < -0.4 is 5.32 Å². The summed E-state index contributed by atoms with van der Waals surface area (Å²) in [6.07, 6.45) is 8.47. The summed E-state index contributed by atoms with van der Waals surface area (Å²) < 4.78 is 12.3. The number of hydrogen-bond acceptors (Lipinski definition) is 3. The van der Waals surface area contributed by atoms with Gasteiger partial charge in [-0.05, 0) is 25.7 Å². The van der Waals surface area contributed by atoms with Crippen LogP contribution >= 0.6 is 0 Å². The van der Waals surface area contributed by atoms with Crippen molar-refractivity contribution in [1.82, 2.24) is 5.32 Å². The minimum Gasteiger partial charge on any atom is -0.381 e. The van der Waals surface area contributed by atoms with Gasteiger partial charge in [0, 0.05) is 38.0 Å². The Balaban J connectivity index is 1.84.